The third-order valence-corrected chi connectivity index (χ3v) is 5.99. The van der Waals surface area contributed by atoms with Crippen molar-refractivity contribution in [1.29, 1.82) is 5.26 Å². The minimum absolute atomic E-state index is 0.0696. The molecule has 0 spiro atoms. The molecule has 6 nitrogen and oxygen atoms in total. The molecule has 1 fully saturated rings. The van der Waals surface area contributed by atoms with Crippen LogP contribution in [0.15, 0.2) is 60.3 Å². The van der Waals surface area contributed by atoms with Gasteiger partial charge >= 0.3 is 6.36 Å². The number of carbonyl (C=O) groups excluding carboxylic acids is 1. The number of unbranched alkanes of at least 4 members (excludes halogenated alkanes) is 1. The Labute approximate surface area is 209 Å². The van der Waals surface area contributed by atoms with E-state index < -0.39 is 6.36 Å². The first-order chi connectivity index (χ1) is 17.3. The molecule has 36 heavy (non-hydrogen) atoms. The van der Waals surface area contributed by atoms with Crippen molar-refractivity contribution in [2.75, 3.05) is 6.54 Å². The van der Waals surface area contributed by atoms with Gasteiger partial charge in [0.15, 0.2) is 0 Å². The number of amides is 1. The number of rotatable bonds is 7. The van der Waals surface area contributed by atoms with Gasteiger partial charge in [-0.1, -0.05) is 57.9 Å². The number of piperazine rings is 1. The Bertz CT molecular complexity index is 1090. The molecule has 1 N–H and O–H groups in total. The van der Waals surface area contributed by atoms with Crippen LogP contribution >= 0.6 is 0 Å². The lowest BCUT2D eigenvalue weighted by Crippen LogP contribution is -2.56. The number of carbonyl (C=O) groups is 1. The molecule has 2 aromatic rings. The number of nitrogens with zero attached hydrogens (tertiary/aromatic N) is 3. The summed E-state index contributed by atoms with van der Waals surface area (Å²) in [4.78, 5) is 15.1. The van der Waals surface area contributed by atoms with E-state index in [0.717, 1.165) is 30.4 Å². The van der Waals surface area contributed by atoms with E-state index in [2.05, 4.69) is 23.2 Å². The van der Waals surface area contributed by atoms with Gasteiger partial charge in [0, 0.05) is 13.1 Å². The second-order valence-corrected chi connectivity index (χ2v) is 8.44. The van der Waals surface area contributed by atoms with Crippen LogP contribution in [0.25, 0.3) is 0 Å². The Morgan fingerprint density at radius 2 is 1.78 bits per heavy atom. The molecule has 0 radical (unpaired) electrons. The van der Waals surface area contributed by atoms with Crippen LogP contribution in [-0.4, -0.2) is 34.8 Å². The molecule has 0 saturated carbocycles. The molecule has 2 aromatic carbocycles. The zero-order valence-electron chi connectivity index (χ0n) is 20.7. The molecule has 192 valence electrons. The fourth-order valence-electron chi connectivity index (χ4n) is 4.30. The molecule has 9 heteroatoms. The highest BCUT2D eigenvalue weighted by Crippen LogP contribution is 2.33. The fourth-order valence-corrected chi connectivity index (χ4v) is 4.30. The first kappa shape index (κ1) is 27.1. The lowest BCUT2D eigenvalue weighted by molar-refractivity contribution is -0.274. The summed E-state index contributed by atoms with van der Waals surface area (Å²) in [7, 11) is 0. The lowest BCUT2D eigenvalue weighted by Gasteiger charge is -2.41. The molecule has 4 rings (SSSR count). The van der Waals surface area contributed by atoms with Gasteiger partial charge in [-0.3, -0.25) is 9.80 Å². The maximum absolute atomic E-state index is 13.3. The van der Waals surface area contributed by atoms with Crippen LogP contribution in [0.5, 0.6) is 5.75 Å². The number of nitriles is 1. The summed E-state index contributed by atoms with van der Waals surface area (Å²) in [5, 5.41) is 10.9. The van der Waals surface area contributed by atoms with Gasteiger partial charge in [-0.05, 0) is 47.9 Å². The molecule has 0 aliphatic carbocycles. The highest BCUT2D eigenvalue weighted by atomic mass is 19.4. The molecule has 1 amide bonds. The molecule has 2 aliphatic rings. The van der Waals surface area contributed by atoms with Crippen LogP contribution in [0.4, 0.5) is 13.2 Å². The van der Waals surface area contributed by atoms with Gasteiger partial charge in [0.05, 0.1) is 23.7 Å². The maximum atomic E-state index is 13.3. The van der Waals surface area contributed by atoms with Gasteiger partial charge in [-0.25, -0.2) is 5.43 Å². The van der Waals surface area contributed by atoms with Crippen molar-refractivity contribution >= 4 is 5.91 Å². The average Bonchev–Trinajstić information content (AvgIpc) is 3.32. The largest absolute Gasteiger partial charge is 0.573 e. The number of fused-ring (bicyclic) bond motifs is 1. The topological polar surface area (TPSA) is 68.6 Å². The number of hydrogen-bond donors (Lipinski definition) is 1. The number of nitrogens with one attached hydrogen (secondary N) is 1. The smallest absolute Gasteiger partial charge is 0.406 e. The minimum Gasteiger partial charge on any atom is -0.406 e. The van der Waals surface area contributed by atoms with Crippen LogP contribution in [-0.2, 0) is 11.3 Å². The minimum atomic E-state index is -4.74. The number of hydrogen-bond acceptors (Lipinski definition) is 5. The molecule has 0 aromatic heterocycles. The van der Waals surface area contributed by atoms with Gasteiger partial charge in [0.25, 0.3) is 5.91 Å². The first-order valence-corrected chi connectivity index (χ1v) is 12.2. The number of hydrazine groups is 1. The normalized spacial score (nSPS) is 19.1. The Balaban J connectivity index is 0.00000176. The first-order valence-electron chi connectivity index (χ1n) is 12.2. The highest BCUT2D eigenvalue weighted by molar-refractivity contribution is 5.94. The van der Waals surface area contributed by atoms with Crippen molar-refractivity contribution in [2.45, 2.75) is 65.0 Å². The van der Waals surface area contributed by atoms with Gasteiger partial charge in [0.1, 0.15) is 11.4 Å². The summed E-state index contributed by atoms with van der Waals surface area (Å²) in [6.45, 7) is 7.10. The van der Waals surface area contributed by atoms with Crippen LogP contribution in [0.2, 0.25) is 0 Å². The SMILES string of the molecule is CC.CCCCC1CN(Cc2ccc(C#N)cc2)C(=O)C2=CC(c3ccc(OC(F)(F)F)cc3)NN21. The van der Waals surface area contributed by atoms with E-state index in [0.29, 0.717) is 24.4 Å². The van der Waals surface area contributed by atoms with Crippen molar-refractivity contribution in [2.24, 2.45) is 0 Å². The average molecular weight is 501 g/mol. The van der Waals surface area contributed by atoms with Gasteiger partial charge in [-0.2, -0.15) is 5.26 Å². The van der Waals surface area contributed by atoms with E-state index in [-0.39, 0.29) is 23.7 Å². The van der Waals surface area contributed by atoms with E-state index in [4.69, 9.17) is 5.26 Å². The maximum Gasteiger partial charge on any atom is 0.573 e. The standard InChI is InChI=1S/C25H25F3N4O2.C2H6/c1-2-3-4-20-16-31(15-18-7-5-17(14-29)6-8-18)24(33)23-13-22(30-32(20)23)19-9-11-21(12-10-19)34-25(26,27)28;1-2/h5-13,20,22,30H,2-4,15-16H2,1H3;1-2H3. The Kier molecular flexibility index (Phi) is 8.99. The van der Waals surface area contributed by atoms with Crippen LogP contribution in [0.1, 0.15) is 62.8 Å². The van der Waals surface area contributed by atoms with Crippen LogP contribution < -0.4 is 10.2 Å². The highest BCUT2D eigenvalue weighted by Gasteiger charge is 2.40. The van der Waals surface area contributed by atoms with Gasteiger partial charge in [0.2, 0.25) is 0 Å². The summed E-state index contributed by atoms with van der Waals surface area (Å²) < 4.78 is 41.3. The molecular weight excluding hydrogens is 469 g/mol. The van der Waals surface area contributed by atoms with Crippen molar-refractivity contribution in [3.8, 4) is 11.8 Å². The van der Waals surface area contributed by atoms with Crippen LogP contribution in [0.3, 0.4) is 0 Å². The zero-order valence-corrected chi connectivity index (χ0v) is 20.7. The van der Waals surface area contributed by atoms with Crippen molar-refractivity contribution in [3.63, 3.8) is 0 Å². The van der Waals surface area contributed by atoms with Crippen molar-refractivity contribution < 1.29 is 22.7 Å². The quantitative estimate of drug-likeness (QED) is 0.518. The summed E-state index contributed by atoms with van der Waals surface area (Å²) in [6.07, 6.45) is 0.00217. The summed E-state index contributed by atoms with van der Waals surface area (Å²) in [5.74, 6) is -0.394. The Morgan fingerprint density at radius 1 is 1.11 bits per heavy atom. The third kappa shape index (κ3) is 6.58. The van der Waals surface area contributed by atoms with E-state index in [1.807, 2.05) is 42.0 Å². The number of halogens is 3. The van der Waals surface area contributed by atoms with E-state index in [9.17, 15) is 18.0 Å². The fraction of sp³-hybridized carbons (Fsp3) is 0.407. The second-order valence-electron chi connectivity index (χ2n) is 8.44. The lowest BCUT2D eigenvalue weighted by atomic mass is 10.0. The number of ether oxygens (including phenoxy) is 1. The molecular formula is C27H31F3N4O2. The molecule has 0 bridgehead atoms. The summed E-state index contributed by atoms with van der Waals surface area (Å²) in [6, 6.07) is 14.7. The predicted octanol–water partition coefficient (Wildman–Crippen LogP) is 5.83. The van der Waals surface area contributed by atoms with Gasteiger partial charge < -0.3 is 9.64 Å². The summed E-state index contributed by atoms with van der Waals surface area (Å²) >= 11 is 0. The predicted molar refractivity (Wildman–Crippen MR) is 130 cm³/mol. The number of benzene rings is 2. The Morgan fingerprint density at radius 3 is 2.36 bits per heavy atom. The molecule has 1 saturated heterocycles. The molecule has 2 unspecified atom stereocenters. The molecule has 2 atom stereocenters. The van der Waals surface area contributed by atoms with E-state index >= 15 is 0 Å². The van der Waals surface area contributed by atoms with E-state index in [1.165, 1.54) is 12.1 Å². The van der Waals surface area contributed by atoms with Gasteiger partial charge in [-0.15, -0.1) is 13.2 Å². The third-order valence-electron chi connectivity index (χ3n) is 5.99. The summed E-state index contributed by atoms with van der Waals surface area (Å²) in [5.41, 5.74) is 6.15. The number of alkyl halides is 3. The molecule has 2 aliphatic heterocycles. The van der Waals surface area contributed by atoms with Crippen molar-refractivity contribution in [3.05, 3.63) is 77.0 Å². The zero-order chi connectivity index (χ0) is 26.3. The van der Waals surface area contributed by atoms with E-state index in [1.54, 1.807) is 24.3 Å². The monoisotopic (exact) mass is 500 g/mol. The van der Waals surface area contributed by atoms with Crippen molar-refractivity contribution in [1.82, 2.24) is 15.3 Å². The Hall–Kier alpha value is -3.51. The second kappa shape index (κ2) is 12.0. The molecule has 2 heterocycles. The van der Waals surface area contributed by atoms with Crippen LogP contribution in [0, 0.1) is 11.3 Å².